The second-order valence-electron chi connectivity index (χ2n) is 13.0. The van der Waals surface area contributed by atoms with Gasteiger partial charge in [0.1, 0.15) is 0 Å². The van der Waals surface area contributed by atoms with E-state index in [0.29, 0.717) is 23.2 Å². The van der Waals surface area contributed by atoms with Crippen LogP contribution in [-0.4, -0.2) is 57.4 Å². The van der Waals surface area contributed by atoms with E-state index in [2.05, 4.69) is 68.4 Å². The third-order valence-electron chi connectivity index (χ3n) is 8.90. The molecule has 0 unspecified atom stereocenters. The van der Waals surface area contributed by atoms with Crippen molar-refractivity contribution in [3.63, 3.8) is 0 Å². The van der Waals surface area contributed by atoms with Crippen LogP contribution in [0, 0.1) is 0 Å². The summed E-state index contributed by atoms with van der Waals surface area (Å²) in [6.07, 6.45) is 10.0. The molecule has 0 aliphatic carbocycles. The average molecular weight is 632 g/mol. The Bertz CT molecular complexity index is 647. The summed E-state index contributed by atoms with van der Waals surface area (Å²) >= 11 is -2.77. The molecule has 2 heterocycles. The van der Waals surface area contributed by atoms with Gasteiger partial charge in [-0.3, -0.25) is 0 Å². The topological polar surface area (TPSA) is 36.9 Å². The van der Waals surface area contributed by atoms with Crippen molar-refractivity contribution in [3.05, 3.63) is 9.85 Å². The number of ether oxygens (including phenoxy) is 3. The van der Waals surface area contributed by atoms with Gasteiger partial charge in [-0.25, -0.2) is 0 Å². The maximum absolute atomic E-state index is 7.50. The summed E-state index contributed by atoms with van der Waals surface area (Å²) in [6, 6.07) is 0. The molecule has 3 atom stereocenters. The first kappa shape index (κ1) is 32.6. The third kappa shape index (κ3) is 7.54. The molecule has 0 amide bonds. The third-order valence-corrected chi connectivity index (χ3v) is 30.0. The summed E-state index contributed by atoms with van der Waals surface area (Å²) in [7, 11) is -2.10. The van der Waals surface area contributed by atoms with Gasteiger partial charge >= 0.3 is 231 Å². The van der Waals surface area contributed by atoms with Crippen LogP contribution < -0.4 is 0 Å². The Morgan fingerprint density at radius 3 is 1.78 bits per heavy atom. The zero-order chi connectivity index (χ0) is 27.1. The molecule has 0 radical (unpaired) electrons. The van der Waals surface area contributed by atoms with Gasteiger partial charge < -0.3 is 0 Å². The first-order valence-electron chi connectivity index (χ1n) is 15.3. The van der Waals surface area contributed by atoms with Gasteiger partial charge in [0.15, 0.2) is 0 Å². The van der Waals surface area contributed by atoms with Crippen molar-refractivity contribution >= 4 is 26.7 Å². The van der Waals surface area contributed by atoms with Crippen LogP contribution in [0.25, 0.3) is 0 Å². The molecule has 2 aliphatic heterocycles. The van der Waals surface area contributed by atoms with Crippen LogP contribution in [0.15, 0.2) is 9.85 Å². The standard InChI is InChI=1S/C18H33O4Si.3C4H9.Sn/c1-12(2)23(13(3)4,14(5)6)22-15-9-10-19-16-11-20-18(7,8)21-17(15)16;3*1-3-4-2;/h9,12-17H,11H2,1-8H3;3*1,3-4H2,2H3;/t15-,16+,17-;;;;/m0..../s1. The quantitative estimate of drug-likeness (QED) is 0.169. The Labute approximate surface area is 229 Å². The molecule has 0 aromatic carbocycles. The van der Waals surface area contributed by atoms with Crippen LogP contribution >= 0.6 is 0 Å². The van der Waals surface area contributed by atoms with Gasteiger partial charge in [-0.05, 0) is 0 Å². The number of hydrogen-bond acceptors (Lipinski definition) is 4. The molecule has 0 aromatic heterocycles. The molecule has 212 valence electrons. The molecule has 1 saturated heterocycles. The van der Waals surface area contributed by atoms with E-state index >= 15 is 0 Å². The molecule has 1 fully saturated rings. The predicted molar refractivity (Wildman–Crippen MR) is 159 cm³/mol. The first-order chi connectivity index (χ1) is 16.9. The van der Waals surface area contributed by atoms with E-state index in [-0.39, 0.29) is 18.3 Å². The minimum atomic E-state index is -2.77. The second-order valence-corrected chi connectivity index (χ2v) is 31.4. The monoisotopic (exact) mass is 632 g/mol. The van der Waals surface area contributed by atoms with E-state index in [9.17, 15) is 0 Å². The fraction of sp³-hybridized carbons (Fsp3) is 0.933. The number of rotatable bonds is 15. The molecule has 0 saturated carbocycles. The normalized spacial score (nSPS) is 24.7. The van der Waals surface area contributed by atoms with Gasteiger partial charge in [0.05, 0.1) is 0 Å². The van der Waals surface area contributed by atoms with Crippen molar-refractivity contribution in [2.45, 2.75) is 169 Å². The Kier molecular flexibility index (Phi) is 12.9. The van der Waals surface area contributed by atoms with Gasteiger partial charge in [-0.2, -0.15) is 0 Å². The molecule has 0 bridgehead atoms. The summed E-state index contributed by atoms with van der Waals surface area (Å²) < 4.78 is 32.9. The van der Waals surface area contributed by atoms with E-state index in [1.807, 2.05) is 13.8 Å². The van der Waals surface area contributed by atoms with Crippen LogP contribution in [0.1, 0.15) is 115 Å². The Balaban J connectivity index is 2.62. The van der Waals surface area contributed by atoms with Gasteiger partial charge in [-0.1, -0.05) is 0 Å². The van der Waals surface area contributed by atoms with Crippen molar-refractivity contribution in [1.29, 1.82) is 0 Å². The zero-order valence-electron chi connectivity index (χ0n) is 25.7. The van der Waals surface area contributed by atoms with Crippen LogP contribution in [0.3, 0.4) is 0 Å². The zero-order valence-corrected chi connectivity index (χ0v) is 29.6. The SMILES string of the molecule is CCC[CH2][Sn]([CH2]CCC)([CH2]CCC)[C]1=C[C@H](O[Si](C(C)C)(C(C)C)C(C)C)[C@@H]2OC(C)(C)OC[C@H]2O1. The molecule has 0 N–H and O–H groups in total. The van der Waals surface area contributed by atoms with Crippen LogP contribution in [0.4, 0.5) is 0 Å². The fourth-order valence-corrected chi connectivity index (χ4v) is 28.2. The summed E-state index contributed by atoms with van der Waals surface area (Å²) in [5, 5.41) is 0. The van der Waals surface area contributed by atoms with Crippen molar-refractivity contribution < 1.29 is 18.6 Å². The predicted octanol–water partition coefficient (Wildman–Crippen LogP) is 9.37. The van der Waals surface area contributed by atoms with Gasteiger partial charge in [0.2, 0.25) is 0 Å². The van der Waals surface area contributed by atoms with E-state index in [0.717, 1.165) is 0 Å². The van der Waals surface area contributed by atoms with Gasteiger partial charge in [0, 0.05) is 0 Å². The van der Waals surface area contributed by atoms with Crippen molar-refractivity contribution in [3.8, 4) is 0 Å². The molecule has 0 spiro atoms. The summed E-state index contributed by atoms with van der Waals surface area (Å²) in [5.41, 5.74) is 1.62. The summed E-state index contributed by atoms with van der Waals surface area (Å²) in [6.45, 7) is 26.0. The van der Waals surface area contributed by atoms with Crippen LogP contribution in [-0.2, 0) is 18.6 Å². The van der Waals surface area contributed by atoms with Crippen molar-refractivity contribution in [1.82, 2.24) is 0 Å². The minimum absolute atomic E-state index is 0.0400. The van der Waals surface area contributed by atoms with E-state index in [1.54, 1.807) is 0 Å². The molecule has 6 heteroatoms. The molecular formula is C30H60O4SiSn. The number of hydrogen-bond donors (Lipinski definition) is 0. The summed E-state index contributed by atoms with van der Waals surface area (Å²) in [5.74, 6) is -0.609. The van der Waals surface area contributed by atoms with Gasteiger partial charge in [0.25, 0.3) is 0 Å². The Hall–Kier alpha value is 0.436. The Morgan fingerprint density at radius 1 is 0.889 bits per heavy atom. The molecule has 2 rings (SSSR count). The van der Waals surface area contributed by atoms with E-state index < -0.39 is 32.5 Å². The summed E-state index contributed by atoms with van der Waals surface area (Å²) in [4.78, 5) is 0. The molecule has 36 heavy (non-hydrogen) atoms. The maximum atomic E-state index is 7.50. The van der Waals surface area contributed by atoms with Crippen molar-refractivity contribution in [2.24, 2.45) is 0 Å². The molecule has 4 nitrogen and oxygen atoms in total. The first-order valence-corrected chi connectivity index (χ1v) is 24.9. The van der Waals surface area contributed by atoms with E-state index in [1.165, 1.54) is 55.6 Å². The second kappa shape index (κ2) is 14.2. The Morgan fingerprint density at radius 2 is 1.36 bits per heavy atom. The van der Waals surface area contributed by atoms with Crippen LogP contribution in [0.2, 0.25) is 29.9 Å². The van der Waals surface area contributed by atoms with Gasteiger partial charge in [-0.15, -0.1) is 0 Å². The number of fused-ring (bicyclic) bond motifs is 1. The number of unbranched alkanes of at least 4 members (excludes halogenated alkanes) is 3. The fourth-order valence-electron chi connectivity index (χ4n) is 6.98. The average Bonchev–Trinajstić information content (AvgIpc) is 2.81. The molecule has 0 aromatic rings. The van der Waals surface area contributed by atoms with Crippen molar-refractivity contribution in [2.75, 3.05) is 6.61 Å². The van der Waals surface area contributed by atoms with Crippen LogP contribution in [0.5, 0.6) is 0 Å². The molecular weight excluding hydrogens is 571 g/mol. The molecule has 2 aliphatic rings. The van der Waals surface area contributed by atoms with E-state index in [4.69, 9.17) is 18.6 Å².